The molecule has 0 radical (unpaired) electrons. The summed E-state index contributed by atoms with van der Waals surface area (Å²) in [5.41, 5.74) is 1.03. The minimum Gasteiger partial charge on any atom is -0.353 e. The summed E-state index contributed by atoms with van der Waals surface area (Å²) in [6.07, 6.45) is 6.96. The molecule has 1 aliphatic heterocycles. The summed E-state index contributed by atoms with van der Waals surface area (Å²) in [6, 6.07) is 7.38. The van der Waals surface area contributed by atoms with E-state index < -0.39 is 11.7 Å². The molecule has 2 heterocycles. The average molecular weight is 472 g/mol. The molecule has 33 heavy (non-hydrogen) atoms. The predicted octanol–water partition coefficient (Wildman–Crippen LogP) is 4.75. The predicted molar refractivity (Wildman–Crippen MR) is 127 cm³/mol. The van der Waals surface area contributed by atoms with Gasteiger partial charge in [-0.1, -0.05) is 25.3 Å². The van der Waals surface area contributed by atoms with Crippen LogP contribution in [0.15, 0.2) is 30.3 Å². The van der Waals surface area contributed by atoms with Gasteiger partial charge in [-0.3, -0.25) is 14.4 Å². The van der Waals surface area contributed by atoms with Gasteiger partial charge >= 0.3 is 0 Å². The summed E-state index contributed by atoms with van der Waals surface area (Å²) in [5, 5.41) is 6.51. The number of nitrogens with zero attached hydrogens (tertiary/aromatic N) is 1. The third-order valence-corrected chi connectivity index (χ3v) is 7.68. The van der Waals surface area contributed by atoms with E-state index >= 15 is 0 Å². The first-order chi connectivity index (χ1) is 15.9. The largest absolute Gasteiger partial charge is 0.353 e. The van der Waals surface area contributed by atoms with Crippen molar-refractivity contribution in [1.82, 2.24) is 10.2 Å². The van der Waals surface area contributed by atoms with E-state index in [0.29, 0.717) is 23.0 Å². The van der Waals surface area contributed by atoms with Crippen molar-refractivity contribution >= 4 is 34.1 Å². The topological polar surface area (TPSA) is 78.5 Å². The van der Waals surface area contributed by atoms with E-state index in [1.165, 1.54) is 36.0 Å². The molecule has 2 N–H and O–H groups in total. The number of hydrogen-bond donors (Lipinski definition) is 2. The van der Waals surface area contributed by atoms with Crippen LogP contribution in [0.4, 0.5) is 9.39 Å². The third kappa shape index (κ3) is 5.79. The SMILES string of the molecule is Cc1cc(NC(=O)c2cccc(F)c2)sc1C(=O)N1CCC(NC(=O)C2CCCCC2)CC1. The molecule has 3 amide bonds. The summed E-state index contributed by atoms with van der Waals surface area (Å²) < 4.78 is 13.4. The number of carbonyl (C=O) groups excluding carboxylic acids is 3. The van der Waals surface area contributed by atoms with E-state index in [1.54, 1.807) is 12.1 Å². The molecule has 0 spiro atoms. The Kier molecular flexibility index (Phi) is 7.42. The summed E-state index contributed by atoms with van der Waals surface area (Å²) in [7, 11) is 0. The van der Waals surface area contributed by atoms with E-state index in [9.17, 15) is 18.8 Å². The summed E-state index contributed by atoms with van der Waals surface area (Å²) in [6.45, 7) is 3.03. The fourth-order valence-corrected chi connectivity index (χ4v) is 5.66. The number of rotatable bonds is 5. The van der Waals surface area contributed by atoms with Gasteiger partial charge < -0.3 is 15.5 Å². The summed E-state index contributed by atoms with van der Waals surface area (Å²) >= 11 is 1.23. The molecule has 1 aromatic carbocycles. The van der Waals surface area contributed by atoms with E-state index in [2.05, 4.69) is 10.6 Å². The van der Waals surface area contributed by atoms with E-state index in [4.69, 9.17) is 0 Å². The van der Waals surface area contributed by atoms with E-state index in [0.717, 1.165) is 44.1 Å². The lowest BCUT2D eigenvalue weighted by Gasteiger charge is -2.33. The van der Waals surface area contributed by atoms with Crippen molar-refractivity contribution in [2.24, 2.45) is 5.92 Å². The number of piperidine rings is 1. The lowest BCUT2D eigenvalue weighted by molar-refractivity contribution is -0.126. The fraction of sp³-hybridized carbons (Fsp3) is 0.480. The normalized spacial score (nSPS) is 17.6. The molecule has 1 saturated heterocycles. The molecular weight excluding hydrogens is 441 g/mol. The Morgan fingerprint density at radius 3 is 2.45 bits per heavy atom. The van der Waals surface area contributed by atoms with Gasteiger partial charge in [0.25, 0.3) is 11.8 Å². The number of amides is 3. The Hall–Kier alpha value is -2.74. The summed E-state index contributed by atoms with van der Waals surface area (Å²) in [4.78, 5) is 40.4. The Bertz CT molecular complexity index is 1020. The number of hydrogen-bond acceptors (Lipinski definition) is 4. The molecular formula is C25H30FN3O3S. The molecule has 1 saturated carbocycles. The molecule has 4 rings (SSSR count). The first-order valence-corrected chi connectivity index (χ1v) is 12.5. The van der Waals surface area contributed by atoms with Crippen molar-refractivity contribution in [3.8, 4) is 0 Å². The lowest BCUT2D eigenvalue weighted by Crippen LogP contribution is -2.48. The number of halogens is 1. The van der Waals surface area contributed by atoms with Gasteiger partial charge in [0.15, 0.2) is 0 Å². The smallest absolute Gasteiger partial charge is 0.264 e. The minimum absolute atomic E-state index is 0.0548. The minimum atomic E-state index is -0.473. The highest BCUT2D eigenvalue weighted by Gasteiger charge is 2.29. The van der Waals surface area contributed by atoms with Crippen molar-refractivity contribution in [3.05, 3.63) is 52.2 Å². The first-order valence-electron chi connectivity index (χ1n) is 11.7. The van der Waals surface area contributed by atoms with Crippen LogP contribution in [0.5, 0.6) is 0 Å². The highest BCUT2D eigenvalue weighted by atomic mass is 32.1. The average Bonchev–Trinajstić information content (AvgIpc) is 3.19. The molecule has 1 aliphatic carbocycles. The fourth-order valence-electron chi connectivity index (χ4n) is 4.62. The molecule has 8 heteroatoms. The zero-order valence-corrected chi connectivity index (χ0v) is 19.7. The molecule has 2 aliphatic rings. The second-order valence-corrected chi connectivity index (χ2v) is 10.0. The molecule has 6 nitrogen and oxygen atoms in total. The first kappa shape index (κ1) is 23.4. The van der Waals surface area contributed by atoms with Gasteiger partial charge in [0.1, 0.15) is 5.82 Å². The number of anilines is 1. The zero-order valence-electron chi connectivity index (χ0n) is 18.9. The lowest BCUT2D eigenvalue weighted by atomic mass is 9.88. The van der Waals surface area contributed by atoms with Crippen LogP contribution in [0.1, 0.15) is 70.5 Å². The Balaban J connectivity index is 1.31. The van der Waals surface area contributed by atoms with Crippen LogP contribution in [0.3, 0.4) is 0 Å². The highest BCUT2D eigenvalue weighted by molar-refractivity contribution is 7.18. The quantitative estimate of drug-likeness (QED) is 0.661. The maximum atomic E-state index is 13.4. The summed E-state index contributed by atoms with van der Waals surface area (Å²) in [5.74, 6) is -0.621. The Morgan fingerprint density at radius 1 is 1.03 bits per heavy atom. The van der Waals surface area contributed by atoms with Gasteiger partial charge in [-0.05, 0) is 62.4 Å². The van der Waals surface area contributed by atoms with Crippen molar-refractivity contribution < 1.29 is 18.8 Å². The standard InChI is InChI=1S/C25H30FN3O3S/c1-16-14-21(28-24(31)18-8-5-9-19(26)15-18)33-22(16)25(32)29-12-10-20(11-13-29)27-23(30)17-6-3-2-4-7-17/h5,8-9,14-15,17,20H,2-4,6-7,10-13H2,1H3,(H,27,30)(H,28,31). The van der Waals surface area contributed by atoms with Gasteiger partial charge in [-0.2, -0.15) is 0 Å². The maximum absolute atomic E-state index is 13.4. The number of carbonyl (C=O) groups is 3. The Labute approximate surface area is 197 Å². The van der Waals surface area contributed by atoms with Crippen LogP contribution >= 0.6 is 11.3 Å². The molecule has 2 fully saturated rings. The third-order valence-electron chi connectivity index (χ3n) is 6.54. The highest BCUT2D eigenvalue weighted by Crippen LogP contribution is 2.29. The monoisotopic (exact) mass is 471 g/mol. The van der Waals surface area contributed by atoms with Crippen molar-refractivity contribution in [3.63, 3.8) is 0 Å². The van der Waals surface area contributed by atoms with E-state index in [-0.39, 0.29) is 29.3 Å². The van der Waals surface area contributed by atoms with Crippen LogP contribution in [0, 0.1) is 18.7 Å². The van der Waals surface area contributed by atoms with Gasteiger partial charge in [0.05, 0.1) is 9.88 Å². The van der Waals surface area contributed by atoms with Crippen LogP contribution < -0.4 is 10.6 Å². The van der Waals surface area contributed by atoms with Crippen LogP contribution in [-0.2, 0) is 4.79 Å². The van der Waals surface area contributed by atoms with Crippen molar-refractivity contribution in [1.29, 1.82) is 0 Å². The molecule has 0 bridgehead atoms. The number of benzene rings is 1. The van der Waals surface area contributed by atoms with Crippen LogP contribution in [0.2, 0.25) is 0 Å². The van der Waals surface area contributed by atoms with Gasteiger partial charge in [-0.25, -0.2) is 4.39 Å². The van der Waals surface area contributed by atoms with Crippen molar-refractivity contribution in [2.75, 3.05) is 18.4 Å². The number of thiophene rings is 1. The molecule has 2 aromatic rings. The van der Waals surface area contributed by atoms with Crippen LogP contribution in [0.25, 0.3) is 0 Å². The van der Waals surface area contributed by atoms with E-state index in [1.807, 2.05) is 11.8 Å². The van der Waals surface area contributed by atoms with Gasteiger partial charge in [-0.15, -0.1) is 11.3 Å². The Morgan fingerprint density at radius 2 is 1.76 bits per heavy atom. The van der Waals surface area contributed by atoms with Crippen LogP contribution in [-0.4, -0.2) is 41.8 Å². The second kappa shape index (κ2) is 10.5. The number of likely N-dealkylation sites (tertiary alicyclic amines) is 1. The molecule has 176 valence electrons. The van der Waals surface area contributed by atoms with Crippen molar-refractivity contribution in [2.45, 2.75) is 57.9 Å². The zero-order chi connectivity index (χ0) is 23.4. The number of aryl methyl sites for hydroxylation is 1. The van der Waals surface area contributed by atoms with Gasteiger partial charge in [0, 0.05) is 30.6 Å². The number of nitrogens with one attached hydrogen (secondary N) is 2. The van der Waals surface area contributed by atoms with Gasteiger partial charge in [0.2, 0.25) is 5.91 Å². The molecule has 0 unspecified atom stereocenters. The second-order valence-electron chi connectivity index (χ2n) is 9.00. The molecule has 1 aromatic heterocycles. The molecule has 0 atom stereocenters. The maximum Gasteiger partial charge on any atom is 0.264 e.